The fourth-order valence-electron chi connectivity index (χ4n) is 2.31. The van der Waals surface area contributed by atoms with Crippen molar-refractivity contribution in [1.29, 1.82) is 0 Å². The zero-order valence-corrected chi connectivity index (χ0v) is 15.7. The SMILES string of the molecule is CCC(C)OC(=O)CC1C(=O)NCCN1C(=S)NC(=O)c1cccs1. The number of piperazine rings is 1. The molecule has 136 valence electrons. The fraction of sp³-hybridized carbons (Fsp3) is 0.500. The van der Waals surface area contributed by atoms with Crippen LogP contribution >= 0.6 is 23.6 Å². The molecule has 2 rings (SSSR count). The molecule has 0 aliphatic carbocycles. The second kappa shape index (κ2) is 8.91. The van der Waals surface area contributed by atoms with Gasteiger partial charge in [-0.3, -0.25) is 19.7 Å². The second-order valence-electron chi connectivity index (χ2n) is 5.65. The quantitative estimate of drug-likeness (QED) is 0.589. The smallest absolute Gasteiger partial charge is 0.308 e. The molecule has 1 fully saturated rings. The number of rotatable bonds is 5. The van der Waals surface area contributed by atoms with Gasteiger partial charge in [0.25, 0.3) is 5.91 Å². The first-order chi connectivity index (χ1) is 11.9. The first kappa shape index (κ1) is 19.3. The molecule has 2 amide bonds. The number of amides is 2. The van der Waals surface area contributed by atoms with Gasteiger partial charge in [0.15, 0.2) is 5.11 Å². The monoisotopic (exact) mass is 383 g/mol. The number of ether oxygens (including phenoxy) is 1. The molecule has 2 N–H and O–H groups in total. The lowest BCUT2D eigenvalue weighted by atomic mass is 10.1. The first-order valence-corrected chi connectivity index (χ1v) is 9.33. The molecule has 0 saturated carbocycles. The minimum absolute atomic E-state index is 0.120. The normalized spacial score (nSPS) is 18.2. The van der Waals surface area contributed by atoms with Crippen molar-refractivity contribution in [2.45, 2.75) is 38.8 Å². The Hall–Kier alpha value is -2.00. The largest absolute Gasteiger partial charge is 0.463 e. The molecular formula is C16H21N3O4S2. The molecule has 1 aromatic heterocycles. The molecule has 0 radical (unpaired) electrons. The minimum atomic E-state index is -0.790. The van der Waals surface area contributed by atoms with Gasteiger partial charge in [0, 0.05) is 13.1 Å². The Morgan fingerprint density at radius 3 is 2.96 bits per heavy atom. The van der Waals surface area contributed by atoms with Crippen molar-refractivity contribution in [3.8, 4) is 0 Å². The van der Waals surface area contributed by atoms with Crippen LogP contribution in [0.4, 0.5) is 0 Å². The predicted octanol–water partition coefficient (Wildman–Crippen LogP) is 1.30. The summed E-state index contributed by atoms with van der Waals surface area (Å²) in [6.07, 6.45) is 0.366. The maximum absolute atomic E-state index is 12.2. The summed E-state index contributed by atoms with van der Waals surface area (Å²) in [5.74, 6) is -1.10. The zero-order valence-electron chi connectivity index (χ0n) is 14.1. The molecular weight excluding hydrogens is 362 g/mol. The van der Waals surface area contributed by atoms with Crippen LogP contribution in [-0.2, 0) is 14.3 Å². The highest BCUT2D eigenvalue weighted by Gasteiger charge is 2.34. The molecule has 0 spiro atoms. The predicted molar refractivity (Wildman–Crippen MR) is 98.3 cm³/mol. The Kier molecular flexibility index (Phi) is 6.89. The Bertz CT molecular complexity index is 648. The van der Waals surface area contributed by atoms with E-state index in [1.807, 2.05) is 6.92 Å². The third-order valence-electron chi connectivity index (χ3n) is 3.82. The second-order valence-corrected chi connectivity index (χ2v) is 6.98. The van der Waals surface area contributed by atoms with Crippen molar-refractivity contribution >= 4 is 46.5 Å². The summed E-state index contributed by atoms with van der Waals surface area (Å²) in [7, 11) is 0. The molecule has 2 unspecified atom stereocenters. The Balaban J connectivity index is 2.02. The van der Waals surface area contributed by atoms with Gasteiger partial charge in [-0.2, -0.15) is 0 Å². The van der Waals surface area contributed by atoms with E-state index in [0.717, 1.165) is 0 Å². The van der Waals surface area contributed by atoms with E-state index < -0.39 is 12.0 Å². The van der Waals surface area contributed by atoms with Gasteiger partial charge in [-0.05, 0) is 37.0 Å². The summed E-state index contributed by atoms with van der Waals surface area (Å²) in [4.78, 5) is 38.5. The van der Waals surface area contributed by atoms with Crippen LogP contribution in [0.5, 0.6) is 0 Å². The maximum atomic E-state index is 12.2. The van der Waals surface area contributed by atoms with Crippen molar-refractivity contribution in [2.24, 2.45) is 0 Å². The lowest BCUT2D eigenvalue weighted by molar-refractivity contribution is -0.151. The van der Waals surface area contributed by atoms with E-state index in [1.54, 1.807) is 29.3 Å². The number of thiocarbonyl (C=S) groups is 1. The van der Waals surface area contributed by atoms with Crippen LogP contribution in [0.2, 0.25) is 0 Å². The van der Waals surface area contributed by atoms with Gasteiger partial charge in [0.05, 0.1) is 17.4 Å². The summed E-state index contributed by atoms with van der Waals surface area (Å²) >= 11 is 6.58. The summed E-state index contributed by atoms with van der Waals surface area (Å²) < 4.78 is 5.24. The van der Waals surface area contributed by atoms with E-state index >= 15 is 0 Å². The number of carbonyl (C=O) groups is 3. The van der Waals surface area contributed by atoms with Gasteiger partial charge in [-0.15, -0.1) is 11.3 Å². The van der Waals surface area contributed by atoms with Gasteiger partial charge in [-0.1, -0.05) is 13.0 Å². The fourth-order valence-corrected chi connectivity index (χ4v) is 3.24. The van der Waals surface area contributed by atoms with Crippen molar-refractivity contribution in [3.63, 3.8) is 0 Å². The lowest BCUT2D eigenvalue weighted by Crippen LogP contribution is -2.60. The molecule has 9 heteroatoms. The van der Waals surface area contributed by atoms with E-state index in [4.69, 9.17) is 17.0 Å². The van der Waals surface area contributed by atoms with E-state index in [9.17, 15) is 14.4 Å². The lowest BCUT2D eigenvalue weighted by Gasteiger charge is -2.36. The van der Waals surface area contributed by atoms with E-state index in [2.05, 4.69) is 10.6 Å². The first-order valence-electron chi connectivity index (χ1n) is 8.05. The molecule has 7 nitrogen and oxygen atoms in total. The number of thiophene rings is 1. The van der Waals surface area contributed by atoms with Crippen LogP contribution in [0.15, 0.2) is 17.5 Å². The molecule has 2 atom stereocenters. The number of carbonyl (C=O) groups excluding carboxylic acids is 3. The number of hydrogen-bond donors (Lipinski definition) is 2. The van der Waals surface area contributed by atoms with Crippen LogP contribution in [0.1, 0.15) is 36.4 Å². The Morgan fingerprint density at radius 2 is 2.32 bits per heavy atom. The zero-order chi connectivity index (χ0) is 18.4. The van der Waals surface area contributed by atoms with Crippen molar-refractivity contribution in [3.05, 3.63) is 22.4 Å². The van der Waals surface area contributed by atoms with Gasteiger partial charge in [0.2, 0.25) is 5.91 Å². The molecule has 1 aliphatic rings. The number of nitrogens with one attached hydrogen (secondary N) is 2. The van der Waals surface area contributed by atoms with Crippen LogP contribution in [0.3, 0.4) is 0 Å². The maximum Gasteiger partial charge on any atom is 0.308 e. The van der Waals surface area contributed by atoms with E-state index in [1.165, 1.54) is 11.3 Å². The van der Waals surface area contributed by atoms with Crippen LogP contribution in [-0.4, -0.2) is 53.0 Å². The van der Waals surface area contributed by atoms with Gasteiger partial charge in [-0.25, -0.2) is 0 Å². The number of nitrogens with zero attached hydrogens (tertiary/aromatic N) is 1. The summed E-state index contributed by atoms with van der Waals surface area (Å²) in [5.41, 5.74) is 0. The standard InChI is InChI=1S/C16H21N3O4S2/c1-3-10(2)23-13(20)9-11-14(21)17-6-7-19(11)16(24)18-15(22)12-5-4-8-25-12/h4-5,8,10-11H,3,6-7,9H2,1-2H3,(H,17,21)(H,18,22,24). The summed E-state index contributed by atoms with van der Waals surface area (Å²) in [6.45, 7) is 4.51. The average molecular weight is 383 g/mol. The summed E-state index contributed by atoms with van der Waals surface area (Å²) in [5, 5.41) is 7.26. The van der Waals surface area contributed by atoms with Crippen LogP contribution in [0, 0.1) is 0 Å². The molecule has 1 aromatic rings. The summed E-state index contributed by atoms with van der Waals surface area (Å²) in [6, 6.07) is 2.67. The number of hydrogen-bond acceptors (Lipinski definition) is 6. The molecule has 1 aliphatic heterocycles. The van der Waals surface area contributed by atoms with Crippen molar-refractivity contribution < 1.29 is 19.1 Å². The number of esters is 1. The molecule has 2 heterocycles. The highest BCUT2D eigenvalue weighted by molar-refractivity contribution is 7.80. The molecule has 1 saturated heterocycles. The Morgan fingerprint density at radius 1 is 1.56 bits per heavy atom. The van der Waals surface area contributed by atoms with Crippen LogP contribution in [0.25, 0.3) is 0 Å². The third kappa shape index (κ3) is 5.23. The van der Waals surface area contributed by atoms with Gasteiger partial charge >= 0.3 is 5.97 Å². The average Bonchev–Trinajstić information content (AvgIpc) is 3.11. The topological polar surface area (TPSA) is 87.7 Å². The minimum Gasteiger partial charge on any atom is -0.463 e. The molecule has 25 heavy (non-hydrogen) atoms. The van der Waals surface area contributed by atoms with Gasteiger partial charge in [0.1, 0.15) is 6.04 Å². The van der Waals surface area contributed by atoms with Crippen LogP contribution < -0.4 is 10.6 Å². The van der Waals surface area contributed by atoms with Crippen molar-refractivity contribution in [2.75, 3.05) is 13.1 Å². The molecule has 0 bridgehead atoms. The highest BCUT2D eigenvalue weighted by Crippen LogP contribution is 2.13. The van der Waals surface area contributed by atoms with Crippen molar-refractivity contribution in [1.82, 2.24) is 15.5 Å². The van der Waals surface area contributed by atoms with E-state index in [0.29, 0.717) is 24.4 Å². The molecule has 0 aromatic carbocycles. The van der Waals surface area contributed by atoms with E-state index in [-0.39, 0.29) is 29.5 Å². The Labute approximate surface area is 155 Å². The van der Waals surface area contributed by atoms with Gasteiger partial charge < -0.3 is 15.0 Å². The highest BCUT2D eigenvalue weighted by atomic mass is 32.1. The third-order valence-corrected chi connectivity index (χ3v) is 5.03.